The van der Waals surface area contributed by atoms with Crippen molar-refractivity contribution >= 4 is 15.9 Å². The Labute approximate surface area is 191 Å². The van der Waals surface area contributed by atoms with E-state index in [2.05, 4.69) is 29.1 Å². The molecule has 32 heavy (non-hydrogen) atoms. The van der Waals surface area contributed by atoms with Crippen LogP contribution in [-0.2, 0) is 27.7 Å². The molecule has 2 N–H and O–H groups in total. The highest BCUT2D eigenvalue weighted by molar-refractivity contribution is 7.89. The van der Waals surface area contributed by atoms with E-state index in [9.17, 15) is 13.2 Å². The third-order valence-corrected chi connectivity index (χ3v) is 7.33. The van der Waals surface area contributed by atoms with Gasteiger partial charge in [0.25, 0.3) is 0 Å². The molecule has 1 amide bonds. The average Bonchev–Trinajstić information content (AvgIpc) is 3.30. The van der Waals surface area contributed by atoms with Gasteiger partial charge in [0.05, 0.1) is 11.5 Å². The van der Waals surface area contributed by atoms with Crippen molar-refractivity contribution < 1.29 is 17.9 Å². The summed E-state index contributed by atoms with van der Waals surface area (Å²) in [6.07, 6.45) is 6.71. The largest absolute Gasteiger partial charge is 0.494 e. The van der Waals surface area contributed by atoms with Crippen molar-refractivity contribution in [2.75, 3.05) is 13.2 Å². The SMILES string of the molecule is CCc1ccc(OCCCC(=O)NCCc2ccc(S(=O)(=O)NC3CCCC3)cc2)cc1. The third-order valence-electron chi connectivity index (χ3n) is 5.79. The van der Waals surface area contributed by atoms with Crippen molar-refractivity contribution in [1.82, 2.24) is 10.0 Å². The highest BCUT2D eigenvalue weighted by Gasteiger charge is 2.22. The number of carbonyl (C=O) groups excluding carboxylic acids is 1. The Morgan fingerprint density at radius 3 is 2.31 bits per heavy atom. The van der Waals surface area contributed by atoms with E-state index >= 15 is 0 Å². The molecule has 2 aromatic carbocycles. The highest BCUT2D eigenvalue weighted by atomic mass is 32.2. The predicted molar refractivity (Wildman–Crippen MR) is 126 cm³/mol. The maximum atomic E-state index is 12.5. The number of benzene rings is 2. The van der Waals surface area contributed by atoms with E-state index < -0.39 is 10.0 Å². The summed E-state index contributed by atoms with van der Waals surface area (Å²) in [6.45, 7) is 3.14. The van der Waals surface area contributed by atoms with Gasteiger partial charge >= 0.3 is 0 Å². The molecule has 0 unspecified atom stereocenters. The van der Waals surface area contributed by atoms with Crippen LogP contribution in [-0.4, -0.2) is 33.5 Å². The second-order valence-corrected chi connectivity index (χ2v) is 10.0. The molecule has 0 bridgehead atoms. The summed E-state index contributed by atoms with van der Waals surface area (Å²) in [5, 5.41) is 2.91. The Kier molecular flexibility index (Phi) is 9.11. The van der Waals surface area contributed by atoms with Gasteiger partial charge in [-0.2, -0.15) is 0 Å². The van der Waals surface area contributed by atoms with E-state index in [4.69, 9.17) is 4.74 Å². The predicted octanol–water partition coefficient (Wildman–Crippen LogP) is 3.99. The lowest BCUT2D eigenvalue weighted by molar-refractivity contribution is -0.121. The first kappa shape index (κ1) is 24.3. The Morgan fingerprint density at radius 2 is 1.66 bits per heavy atom. The maximum Gasteiger partial charge on any atom is 0.240 e. The van der Waals surface area contributed by atoms with Gasteiger partial charge in [-0.1, -0.05) is 44.0 Å². The summed E-state index contributed by atoms with van der Waals surface area (Å²) in [4.78, 5) is 12.3. The van der Waals surface area contributed by atoms with Crippen molar-refractivity contribution in [2.45, 2.75) is 69.2 Å². The minimum Gasteiger partial charge on any atom is -0.494 e. The van der Waals surface area contributed by atoms with Gasteiger partial charge in [0.2, 0.25) is 15.9 Å². The first-order chi connectivity index (χ1) is 15.5. The van der Waals surface area contributed by atoms with Gasteiger partial charge in [-0.05, 0) is 67.5 Å². The van der Waals surface area contributed by atoms with E-state index in [1.807, 2.05) is 24.3 Å². The molecule has 0 atom stereocenters. The van der Waals surface area contributed by atoms with E-state index in [-0.39, 0.29) is 11.9 Å². The molecular weight excluding hydrogens is 424 g/mol. The lowest BCUT2D eigenvalue weighted by atomic mass is 10.1. The van der Waals surface area contributed by atoms with Gasteiger partial charge in [0, 0.05) is 19.0 Å². The first-order valence-electron chi connectivity index (χ1n) is 11.6. The molecule has 1 aliphatic carbocycles. The van der Waals surface area contributed by atoms with Gasteiger partial charge < -0.3 is 10.1 Å². The molecule has 1 fully saturated rings. The molecule has 7 heteroatoms. The fourth-order valence-electron chi connectivity index (χ4n) is 3.85. The topological polar surface area (TPSA) is 84.5 Å². The van der Waals surface area contributed by atoms with Crippen LogP contribution in [0.5, 0.6) is 5.75 Å². The molecule has 6 nitrogen and oxygen atoms in total. The molecule has 0 spiro atoms. The number of hydrogen-bond donors (Lipinski definition) is 2. The zero-order valence-corrected chi connectivity index (χ0v) is 19.6. The monoisotopic (exact) mass is 458 g/mol. The van der Waals surface area contributed by atoms with Crippen molar-refractivity contribution in [1.29, 1.82) is 0 Å². The minimum atomic E-state index is -3.46. The molecule has 0 radical (unpaired) electrons. The van der Waals surface area contributed by atoms with Crippen LogP contribution in [0.1, 0.15) is 56.6 Å². The van der Waals surface area contributed by atoms with Crippen LogP contribution in [0.2, 0.25) is 0 Å². The van der Waals surface area contributed by atoms with E-state index in [1.54, 1.807) is 12.1 Å². The average molecular weight is 459 g/mol. The van der Waals surface area contributed by atoms with Crippen LogP contribution < -0.4 is 14.8 Å². The molecule has 0 heterocycles. The molecule has 3 rings (SSSR count). The number of rotatable bonds is 12. The molecule has 1 aliphatic rings. The van der Waals surface area contributed by atoms with Crippen molar-refractivity contribution in [3.05, 3.63) is 59.7 Å². The van der Waals surface area contributed by atoms with Crippen molar-refractivity contribution in [3.8, 4) is 5.75 Å². The van der Waals surface area contributed by atoms with Gasteiger partial charge in [0.1, 0.15) is 5.75 Å². The molecule has 174 valence electrons. The second kappa shape index (κ2) is 12.0. The molecular formula is C25H34N2O4S. The third kappa shape index (κ3) is 7.64. The van der Waals surface area contributed by atoms with Crippen LogP contribution in [0.25, 0.3) is 0 Å². The zero-order chi connectivity index (χ0) is 22.8. The lowest BCUT2D eigenvalue weighted by Gasteiger charge is -2.13. The van der Waals surface area contributed by atoms with E-state index in [0.717, 1.165) is 43.4 Å². The van der Waals surface area contributed by atoms with Crippen LogP contribution in [0.4, 0.5) is 0 Å². The molecule has 1 saturated carbocycles. The Balaban J connectivity index is 1.32. The van der Waals surface area contributed by atoms with Gasteiger partial charge in [-0.25, -0.2) is 13.1 Å². The Morgan fingerprint density at radius 1 is 1.00 bits per heavy atom. The molecule has 0 aromatic heterocycles. The first-order valence-corrected chi connectivity index (χ1v) is 13.0. The normalized spacial score (nSPS) is 14.4. The summed E-state index contributed by atoms with van der Waals surface area (Å²) < 4.78 is 33.4. The van der Waals surface area contributed by atoms with Crippen molar-refractivity contribution in [2.24, 2.45) is 0 Å². The summed E-state index contributed by atoms with van der Waals surface area (Å²) in [5.41, 5.74) is 2.26. The summed E-state index contributed by atoms with van der Waals surface area (Å²) in [7, 11) is -3.46. The number of aryl methyl sites for hydroxylation is 1. The number of carbonyl (C=O) groups is 1. The highest BCUT2D eigenvalue weighted by Crippen LogP contribution is 2.20. The standard InChI is InChI=1S/C25H34N2O4S/c1-2-20-9-13-23(14-10-20)31-19-5-8-25(28)26-18-17-21-11-15-24(16-12-21)32(29,30)27-22-6-3-4-7-22/h9-16,22,27H,2-8,17-19H2,1H3,(H,26,28). The Hall–Kier alpha value is -2.38. The van der Waals surface area contributed by atoms with Gasteiger partial charge in [0.15, 0.2) is 0 Å². The number of nitrogens with one attached hydrogen (secondary N) is 2. The van der Waals surface area contributed by atoms with Crippen LogP contribution in [0, 0.1) is 0 Å². The summed E-state index contributed by atoms with van der Waals surface area (Å²) in [5.74, 6) is 0.821. The fourth-order valence-corrected chi connectivity index (χ4v) is 5.15. The van der Waals surface area contributed by atoms with E-state index in [1.165, 1.54) is 5.56 Å². The van der Waals surface area contributed by atoms with Crippen molar-refractivity contribution in [3.63, 3.8) is 0 Å². The molecule has 0 saturated heterocycles. The van der Waals surface area contributed by atoms with Gasteiger partial charge in [-0.15, -0.1) is 0 Å². The summed E-state index contributed by atoms with van der Waals surface area (Å²) >= 11 is 0. The smallest absolute Gasteiger partial charge is 0.240 e. The van der Waals surface area contributed by atoms with Crippen LogP contribution >= 0.6 is 0 Å². The quantitative estimate of drug-likeness (QED) is 0.471. The number of sulfonamides is 1. The van der Waals surface area contributed by atoms with Crippen LogP contribution in [0.15, 0.2) is 53.4 Å². The number of hydrogen-bond acceptors (Lipinski definition) is 4. The van der Waals surface area contributed by atoms with Crippen LogP contribution in [0.3, 0.4) is 0 Å². The lowest BCUT2D eigenvalue weighted by Crippen LogP contribution is -2.32. The van der Waals surface area contributed by atoms with E-state index in [0.29, 0.717) is 37.3 Å². The fraction of sp³-hybridized carbons (Fsp3) is 0.480. The maximum absolute atomic E-state index is 12.5. The zero-order valence-electron chi connectivity index (χ0n) is 18.8. The Bertz CT molecular complexity index is 950. The van der Waals surface area contributed by atoms with Gasteiger partial charge in [-0.3, -0.25) is 4.79 Å². The second-order valence-electron chi connectivity index (χ2n) is 8.30. The molecule has 2 aromatic rings. The number of amides is 1. The summed E-state index contributed by atoms with van der Waals surface area (Å²) in [6, 6.07) is 15.0. The molecule has 0 aliphatic heterocycles. The number of ether oxygens (including phenoxy) is 1. The minimum absolute atomic E-state index is 0.00473.